The van der Waals surface area contributed by atoms with Crippen molar-refractivity contribution in [1.29, 1.82) is 0 Å². The monoisotopic (exact) mass is 483 g/mol. The molecule has 0 unspecified atom stereocenters. The molecule has 4 N–H and O–H groups in total. The molecule has 2 aromatic heterocycles. The Bertz CT molecular complexity index is 1170. The molecule has 0 bridgehead atoms. The number of primary amides is 1. The quantitative estimate of drug-likeness (QED) is 0.391. The number of hydrogen-bond acceptors (Lipinski definition) is 9. The number of benzene rings is 1. The van der Waals surface area contributed by atoms with Gasteiger partial charge in [-0.15, -0.1) is 0 Å². The number of nitrogens with two attached hydrogens (primary N) is 1. The maximum atomic E-state index is 11.6. The van der Waals surface area contributed by atoms with Gasteiger partial charge in [-0.3, -0.25) is 9.69 Å². The summed E-state index contributed by atoms with van der Waals surface area (Å²) in [6.07, 6.45) is 4.67. The van der Waals surface area contributed by atoms with Crippen molar-refractivity contribution in [2.45, 2.75) is 24.7 Å². The molecule has 0 atom stereocenters. The highest BCUT2D eigenvalue weighted by Crippen LogP contribution is 2.39. The number of carbonyl (C=O) groups excluding carboxylic acids is 1. The van der Waals surface area contributed by atoms with E-state index in [1.807, 2.05) is 38.4 Å². The van der Waals surface area contributed by atoms with Crippen molar-refractivity contribution < 1.29 is 14.3 Å². The number of amides is 1. The minimum Gasteiger partial charge on any atom is -0.490 e. The lowest BCUT2D eigenvalue weighted by Gasteiger charge is -2.50. The van der Waals surface area contributed by atoms with Gasteiger partial charge in [0.15, 0.2) is 5.69 Å². The topological polar surface area (TPSA) is 128 Å². The third-order valence-electron chi connectivity index (χ3n) is 5.71. The summed E-state index contributed by atoms with van der Waals surface area (Å²) in [6.45, 7) is 0. The van der Waals surface area contributed by atoms with Crippen molar-refractivity contribution in [2.75, 3.05) is 31.8 Å². The van der Waals surface area contributed by atoms with E-state index in [0.29, 0.717) is 22.5 Å². The molecule has 1 aromatic carbocycles. The van der Waals surface area contributed by atoms with Crippen LogP contribution in [0.2, 0.25) is 5.02 Å². The van der Waals surface area contributed by atoms with Crippen LogP contribution in [0.1, 0.15) is 23.3 Å². The first-order valence-electron chi connectivity index (χ1n) is 10.6. The lowest BCUT2D eigenvalue weighted by atomic mass is 9.83. The lowest BCUT2D eigenvalue weighted by molar-refractivity contribution is -0.204. The van der Waals surface area contributed by atoms with Crippen molar-refractivity contribution in [3.63, 3.8) is 0 Å². The molecule has 1 aliphatic rings. The van der Waals surface area contributed by atoms with Gasteiger partial charge in [-0.05, 0) is 50.5 Å². The van der Waals surface area contributed by atoms with Crippen LogP contribution in [-0.4, -0.2) is 58.8 Å². The number of anilines is 4. The smallest absolute Gasteiger partial charge is 0.269 e. The Balaban J connectivity index is 1.38. The molecule has 1 saturated carbocycles. The fourth-order valence-corrected chi connectivity index (χ4v) is 3.90. The molecule has 10 nitrogen and oxygen atoms in total. The van der Waals surface area contributed by atoms with Gasteiger partial charge in [0.25, 0.3) is 5.91 Å². The van der Waals surface area contributed by atoms with E-state index in [-0.39, 0.29) is 17.5 Å². The van der Waals surface area contributed by atoms with E-state index in [0.717, 1.165) is 24.3 Å². The number of halogens is 1. The second kappa shape index (κ2) is 9.80. The molecule has 0 saturated heterocycles. The highest BCUT2D eigenvalue weighted by atomic mass is 35.5. The average Bonchev–Trinajstić information content (AvgIpc) is 2.77. The number of carbonyl (C=O) groups is 1. The predicted molar refractivity (Wildman–Crippen MR) is 130 cm³/mol. The number of ether oxygens (including phenoxy) is 2. The fraction of sp³-hybridized carbons (Fsp3) is 0.304. The van der Waals surface area contributed by atoms with E-state index in [4.69, 9.17) is 26.8 Å². The van der Waals surface area contributed by atoms with Crippen LogP contribution in [0.4, 0.5) is 23.1 Å². The van der Waals surface area contributed by atoms with Gasteiger partial charge < -0.3 is 25.8 Å². The highest BCUT2D eigenvalue weighted by molar-refractivity contribution is 6.30. The maximum absolute atomic E-state index is 11.6. The molecular formula is C23H26ClN7O3. The Morgan fingerprint density at radius 3 is 2.56 bits per heavy atom. The standard InChI is InChI=1S/C23H26ClN7O3/c1-31(2)23(33-3)11-17(12-23)34-16-6-4-15(5-7-16)28-22-26-9-8-19(30-22)29-18-10-14(24)13-27-20(18)21(25)32/h4-10,13,17H,11-12H2,1-3H3,(H2,25,32)(H2,26,28,29,30). The van der Waals surface area contributed by atoms with Crippen LogP contribution < -0.4 is 21.1 Å². The van der Waals surface area contributed by atoms with E-state index in [1.54, 1.807) is 25.4 Å². The first-order valence-corrected chi connectivity index (χ1v) is 11.0. The molecule has 34 heavy (non-hydrogen) atoms. The average molecular weight is 484 g/mol. The van der Waals surface area contributed by atoms with Gasteiger partial charge in [0.1, 0.15) is 23.4 Å². The van der Waals surface area contributed by atoms with Crippen LogP contribution in [0, 0.1) is 0 Å². The summed E-state index contributed by atoms with van der Waals surface area (Å²) in [5.41, 5.74) is 6.35. The van der Waals surface area contributed by atoms with Gasteiger partial charge in [0.05, 0.1) is 10.7 Å². The molecule has 1 aliphatic carbocycles. The van der Waals surface area contributed by atoms with Gasteiger partial charge in [-0.1, -0.05) is 11.6 Å². The predicted octanol–water partition coefficient (Wildman–Crippen LogP) is 3.56. The first-order chi connectivity index (χ1) is 16.3. The summed E-state index contributed by atoms with van der Waals surface area (Å²) >= 11 is 6.00. The first kappa shape index (κ1) is 23.7. The molecule has 0 spiro atoms. The Labute approximate surface area is 202 Å². The largest absolute Gasteiger partial charge is 0.490 e. The van der Waals surface area contributed by atoms with Crippen LogP contribution >= 0.6 is 11.6 Å². The summed E-state index contributed by atoms with van der Waals surface area (Å²) in [5.74, 6) is 0.911. The van der Waals surface area contributed by atoms with Gasteiger partial charge in [0, 0.05) is 38.0 Å². The molecular weight excluding hydrogens is 458 g/mol. The van der Waals surface area contributed by atoms with Crippen molar-refractivity contribution >= 4 is 40.6 Å². The third kappa shape index (κ3) is 5.19. The van der Waals surface area contributed by atoms with Gasteiger partial charge in [0.2, 0.25) is 5.95 Å². The minimum atomic E-state index is -0.676. The Kier molecular flexibility index (Phi) is 6.82. The van der Waals surface area contributed by atoms with Crippen LogP contribution in [0.5, 0.6) is 5.75 Å². The van der Waals surface area contributed by atoms with E-state index in [1.165, 1.54) is 6.20 Å². The zero-order valence-electron chi connectivity index (χ0n) is 19.1. The molecule has 178 valence electrons. The maximum Gasteiger partial charge on any atom is 0.269 e. The SMILES string of the molecule is COC1(N(C)C)CC(Oc2ccc(Nc3nccc(Nc4cc(Cl)cnc4C(N)=O)n3)cc2)C1. The summed E-state index contributed by atoms with van der Waals surface area (Å²) in [4.78, 5) is 26.4. The molecule has 1 amide bonds. The Morgan fingerprint density at radius 1 is 1.18 bits per heavy atom. The molecule has 1 fully saturated rings. The van der Waals surface area contributed by atoms with Gasteiger partial charge >= 0.3 is 0 Å². The number of aromatic nitrogens is 3. The normalized spacial score (nSPS) is 19.4. The minimum absolute atomic E-state index is 0.0629. The number of nitrogens with zero attached hydrogens (tertiary/aromatic N) is 4. The molecule has 0 radical (unpaired) electrons. The van der Waals surface area contributed by atoms with Crippen molar-refractivity contribution in [3.05, 3.63) is 59.5 Å². The highest BCUT2D eigenvalue weighted by Gasteiger charge is 2.48. The molecule has 3 aromatic rings. The Morgan fingerprint density at radius 2 is 1.91 bits per heavy atom. The molecule has 2 heterocycles. The van der Waals surface area contributed by atoms with Crippen LogP contribution in [0.15, 0.2) is 48.8 Å². The third-order valence-corrected chi connectivity index (χ3v) is 5.91. The molecule has 4 rings (SSSR count). The van der Waals surface area contributed by atoms with E-state index in [2.05, 4.69) is 30.5 Å². The van der Waals surface area contributed by atoms with Gasteiger partial charge in [-0.2, -0.15) is 4.98 Å². The van der Waals surface area contributed by atoms with Gasteiger partial charge in [-0.25, -0.2) is 9.97 Å². The number of methoxy groups -OCH3 is 1. The summed E-state index contributed by atoms with van der Waals surface area (Å²) in [6, 6.07) is 10.8. The second-order valence-corrected chi connectivity index (χ2v) is 8.58. The summed E-state index contributed by atoms with van der Waals surface area (Å²) in [7, 11) is 5.75. The van der Waals surface area contributed by atoms with E-state index in [9.17, 15) is 4.79 Å². The Hall–Kier alpha value is -3.47. The van der Waals surface area contributed by atoms with Crippen LogP contribution in [0.3, 0.4) is 0 Å². The van der Waals surface area contributed by atoms with Crippen LogP contribution in [0.25, 0.3) is 0 Å². The number of nitrogens with one attached hydrogen (secondary N) is 2. The summed E-state index contributed by atoms with van der Waals surface area (Å²) in [5, 5.41) is 6.52. The molecule has 11 heteroatoms. The summed E-state index contributed by atoms with van der Waals surface area (Å²) < 4.78 is 11.7. The molecule has 0 aliphatic heterocycles. The van der Waals surface area contributed by atoms with E-state index >= 15 is 0 Å². The number of pyridine rings is 1. The lowest BCUT2D eigenvalue weighted by Crippen LogP contribution is -2.59. The number of hydrogen-bond donors (Lipinski definition) is 3. The second-order valence-electron chi connectivity index (χ2n) is 8.15. The zero-order valence-corrected chi connectivity index (χ0v) is 19.8. The number of rotatable bonds is 9. The van der Waals surface area contributed by atoms with Crippen molar-refractivity contribution in [2.24, 2.45) is 5.73 Å². The van der Waals surface area contributed by atoms with Crippen LogP contribution in [-0.2, 0) is 4.74 Å². The zero-order chi connectivity index (χ0) is 24.3. The van der Waals surface area contributed by atoms with Crippen molar-refractivity contribution in [3.8, 4) is 5.75 Å². The van der Waals surface area contributed by atoms with E-state index < -0.39 is 5.91 Å². The van der Waals surface area contributed by atoms with Crippen molar-refractivity contribution in [1.82, 2.24) is 19.9 Å². The fourth-order valence-electron chi connectivity index (χ4n) is 3.75.